The number of aliphatic hydroxyl groups excluding tert-OH is 1. The lowest BCUT2D eigenvalue weighted by Gasteiger charge is -2.26. The lowest BCUT2D eigenvalue weighted by atomic mass is 9.93. The first-order valence-corrected chi connectivity index (χ1v) is 7.57. The average molecular weight is 275 g/mol. The Morgan fingerprint density at radius 2 is 1.95 bits per heavy atom. The third kappa shape index (κ3) is 2.65. The van der Waals surface area contributed by atoms with E-state index in [0.717, 1.165) is 41.3 Å². The molecule has 0 bridgehead atoms. The fourth-order valence-corrected chi connectivity index (χ4v) is 3.58. The summed E-state index contributed by atoms with van der Waals surface area (Å²) >= 11 is 1.60. The maximum Gasteiger partial charge on any atom is 0.252 e. The minimum Gasteiger partial charge on any atom is -0.393 e. The van der Waals surface area contributed by atoms with Crippen LogP contribution in [0.15, 0.2) is 29.6 Å². The first-order valence-electron chi connectivity index (χ1n) is 6.69. The first kappa shape index (κ1) is 12.6. The second-order valence-corrected chi connectivity index (χ2v) is 6.04. The van der Waals surface area contributed by atoms with Crippen molar-refractivity contribution >= 4 is 27.3 Å². The summed E-state index contributed by atoms with van der Waals surface area (Å²) in [6.07, 6.45) is 3.13. The molecule has 1 saturated carbocycles. The van der Waals surface area contributed by atoms with Crippen LogP contribution in [0, 0.1) is 0 Å². The Bertz CT molecular complexity index is 585. The Labute approximate surface area is 116 Å². The summed E-state index contributed by atoms with van der Waals surface area (Å²) in [6.45, 7) is 0. The van der Waals surface area contributed by atoms with Crippen molar-refractivity contribution in [1.82, 2.24) is 5.32 Å². The lowest BCUT2D eigenvalue weighted by Crippen LogP contribution is -2.38. The summed E-state index contributed by atoms with van der Waals surface area (Å²) in [6, 6.07) is 8.18. The Morgan fingerprint density at radius 3 is 2.74 bits per heavy atom. The Balaban J connectivity index is 1.73. The van der Waals surface area contributed by atoms with Gasteiger partial charge in [-0.15, -0.1) is 11.3 Å². The van der Waals surface area contributed by atoms with Crippen LogP contribution >= 0.6 is 11.3 Å². The van der Waals surface area contributed by atoms with Crippen LogP contribution in [0.1, 0.15) is 36.0 Å². The zero-order valence-corrected chi connectivity index (χ0v) is 11.5. The molecule has 1 aromatic heterocycles. The largest absolute Gasteiger partial charge is 0.393 e. The van der Waals surface area contributed by atoms with Gasteiger partial charge in [0, 0.05) is 21.5 Å². The van der Waals surface area contributed by atoms with E-state index in [2.05, 4.69) is 5.32 Å². The first-order chi connectivity index (χ1) is 9.24. The number of hydrogen-bond acceptors (Lipinski definition) is 3. The molecule has 100 valence electrons. The SMILES string of the molecule is O=C(NC1CCC(O)CC1)c1csc2ccccc12. The van der Waals surface area contributed by atoms with E-state index in [1.54, 1.807) is 11.3 Å². The number of aliphatic hydroxyl groups is 1. The third-order valence-corrected chi connectivity index (χ3v) is 4.72. The maximum atomic E-state index is 12.3. The number of nitrogens with one attached hydrogen (secondary N) is 1. The van der Waals surface area contributed by atoms with Crippen LogP contribution in [0.2, 0.25) is 0 Å². The van der Waals surface area contributed by atoms with Gasteiger partial charge in [0.1, 0.15) is 0 Å². The predicted octanol–water partition coefficient (Wildman–Crippen LogP) is 2.93. The quantitative estimate of drug-likeness (QED) is 0.885. The highest BCUT2D eigenvalue weighted by Crippen LogP contribution is 2.26. The molecule has 2 aromatic rings. The molecule has 19 heavy (non-hydrogen) atoms. The van der Waals surface area contributed by atoms with E-state index in [0.29, 0.717) is 0 Å². The molecule has 1 fully saturated rings. The van der Waals surface area contributed by atoms with Gasteiger partial charge in [-0.3, -0.25) is 4.79 Å². The van der Waals surface area contributed by atoms with Crippen molar-refractivity contribution in [2.45, 2.75) is 37.8 Å². The van der Waals surface area contributed by atoms with Crippen molar-refractivity contribution in [3.05, 3.63) is 35.2 Å². The second kappa shape index (κ2) is 5.31. The summed E-state index contributed by atoms with van der Waals surface area (Å²) in [4.78, 5) is 12.3. The summed E-state index contributed by atoms with van der Waals surface area (Å²) in [5.74, 6) is 0.0128. The van der Waals surface area contributed by atoms with Crippen molar-refractivity contribution in [3.8, 4) is 0 Å². The fraction of sp³-hybridized carbons (Fsp3) is 0.400. The number of hydrogen-bond donors (Lipinski definition) is 2. The van der Waals surface area contributed by atoms with Gasteiger partial charge in [0.15, 0.2) is 0 Å². The van der Waals surface area contributed by atoms with Crippen molar-refractivity contribution in [3.63, 3.8) is 0 Å². The van der Waals surface area contributed by atoms with Gasteiger partial charge in [0.25, 0.3) is 5.91 Å². The number of carbonyl (C=O) groups excluding carboxylic acids is 1. The molecule has 0 radical (unpaired) electrons. The van der Waals surface area contributed by atoms with Crippen LogP contribution in [0.4, 0.5) is 0 Å². The van der Waals surface area contributed by atoms with E-state index in [9.17, 15) is 9.90 Å². The number of rotatable bonds is 2. The molecular weight excluding hydrogens is 258 g/mol. The van der Waals surface area contributed by atoms with Gasteiger partial charge in [-0.05, 0) is 31.7 Å². The molecule has 0 atom stereocenters. The number of fused-ring (bicyclic) bond motifs is 1. The smallest absolute Gasteiger partial charge is 0.252 e. The molecule has 3 nitrogen and oxygen atoms in total. The van der Waals surface area contributed by atoms with Gasteiger partial charge in [-0.2, -0.15) is 0 Å². The van der Waals surface area contributed by atoms with Gasteiger partial charge in [-0.25, -0.2) is 0 Å². The summed E-state index contributed by atoms with van der Waals surface area (Å²) in [5, 5.41) is 15.5. The van der Waals surface area contributed by atoms with Crippen LogP contribution in [-0.4, -0.2) is 23.2 Å². The molecule has 0 aliphatic heterocycles. The molecule has 0 spiro atoms. The van der Waals surface area contributed by atoms with E-state index in [1.165, 1.54) is 0 Å². The number of benzene rings is 1. The summed E-state index contributed by atoms with van der Waals surface area (Å²) < 4.78 is 1.15. The van der Waals surface area contributed by atoms with E-state index in [-0.39, 0.29) is 18.1 Å². The Kier molecular flexibility index (Phi) is 3.53. The molecule has 0 saturated heterocycles. The Hall–Kier alpha value is -1.39. The Morgan fingerprint density at radius 1 is 1.21 bits per heavy atom. The molecule has 1 heterocycles. The van der Waals surface area contributed by atoms with Crippen molar-refractivity contribution < 1.29 is 9.90 Å². The standard InChI is InChI=1S/C15H17NO2S/c17-11-7-5-10(6-8-11)16-15(18)13-9-19-14-4-2-1-3-12(13)14/h1-4,9-11,17H,5-8H2,(H,16,18). The van der Waals surface area contributed by atoms with Gasteiger partial charge in [0.2, 0.25) is 0 Å². The van der Waals surface area contributed by atoms with Gasteiger partial charge in [-0.1, -0.05) is 18.2 Å². The zero-order valence-electron chi connectivity index (χ0n) is 10.6. The number of amides is 1. The van der Waals surface area contributed by atoms with E-state index < -0.39 is 0 Å². The van der Waals surface area contributed by atoms with Crippen LogP contribution in [0.25, 0.3) is 10.1 Å². The van der Waals surface area contributed by atoms with Gasteiger partial charge in [0.05, 0.1) is 11.7 Å². The highest BCUT2D eigenvalue weighted by molar-refractivity contribution is 7.17. The maximum absolute atomic E-state index is 12.3. The average Bonchev–Trinajstić information content (AvgIpc) is 2.85. The number of carbonyl (C=O) groups is 1. The number of thiophene rings is 1. The van der Waals surface area contributed by atoms with Crippen molar-refractivity contribution in [2.24, 2.45) is 0 Å². The molecule has 0 unspecified atom stereocenters. The predicted molar refractivity (Wildman–Crippen MR) is 77.6 cm³/mol. The highest BCUT2D eigenvalue weighted by Gasteiger charge is 2.22. The van der Waals surface area contributed by atoms with Crippen LogP contribution < -0.4 is 5.32 Å². The molecular formula is C15H17NO2S. The van der Waals surface area contributed by atoms with E-state index >= 15 is 0 Å². The second-order valence-electron chi connectivity index (χ2n) is 5.12. The lowest BCUT2D eigenvalue weighted by molar-refractivity contribution is 0.0869. The topological polar surface area (TPSA) is 49.3 Å². The molecule has 2 N–H and O–H groups in total. The molecule has 1 aliphatic rings. The fourth-order valence-electron chi connectivity index (χ4n) is 2.64. The summed E-state index contributed by atoms with van der Waals surface area (Å²) in [7, 11) is 0. The van der Waals surface area contributed by atoms with Crippen LogP contribution in [0.3, 0.4) is 0 Å². The molecule has 1 amide bonds. The van der Waals surface area contributed by atoms with E-state index in [1.807, 2.05) is 29.6 Å². The van der Waals surface area contributed by atoms with Gasteiger partial charge < -0.3 is 10.4 Å². The monoisotopic (exact) mass is 275 g/mol. The van der Waals surface area contributed by atoms with E-state index in [4.69, 9.17) is 0 Å². The normalized spacial score (nSPS) is 23.4. The van der Waals surface area contributed by atoms with Crippen molar-refractivity contribution in [2.75, 3.05) is 0 Å². The molecule has 3 rings (SSSR count). The van der Waals surface area contributed by atoms with Gasteiger partial charge >= 0.3 is 0 Å². The minimum absolute atomic E-state index is 0.0128. The van der Waals surface area contributed by atoms with Crippen LogP contribution in [-0.2, 0) is 0 Å². The molecule has 4 heteroatoms. The third-order valence-electron chi connectivity index (χ3n) is 3.76. The zero-order chi connectivity index (χ0) is 13.2. The van der Waals surface area contributed by atoms with Crippen LogP contribution in [0.5, 0.6) is 0 Å². The summed E-state index contributed by atoms with van der Waals surface area (Å²) in [5.41, 5.74) is 0.770. The minimum atomic E-state index is -0.185. The highest BCUT2D eigenvalue weighted by atomic mass is 32.1. The van der Waals surface area contributed by atoms with Crippen molar-refractivity contribution in [1.29, 1.82) is 0 Å². The molecule has 1 aliphatic carbocycles. The molecule has 1 aromatic carbocycles.